The van der Waals surface area contributed by atoms with Crippen molar-refractivity contribution in [1.29, 1.82) is 0 Å². The van der Waals surface area contributed by atoms with Crippen molar-refractivity contribution >= 4 is 28.5 Å². The lowest BCUT2D eigenvalue weighted by atomic mass is 10.1. The molecule has 0 fully saturated rings. The lowest BCUT2D eigenvalue weighted by Gasteiger charge is -2.07. The van der Waals surface area contributed by atoms with Crippen molar-refractivity contribution in [2.24, 2.45) is 0 Å². The highest BCUT2D eigenvalue weighted by Crippen LogP contribution is 2.28. The second-order valence-electron chi connectivity index (χ2n) is 6.89. The fraction of sp³-hybridized carbons (Fsp3) is 0.167. The number of methoxy groups -OCH3 is 2. The summed E-state index contributed by atoms with van der Waals surface area (Å²) in [5.41, 5.74) is 4.79. The number of carbonyl (C=O) groups excluding carboxylic acids is 1. The lowest BCUT2D eigenvalue weighted by Crippen LogP contribution is -2.02. The monoisotopic (exact) mass is 401 g/mol. The molecule has 2 heterocycles. The van der Waals surface area contributed by atoms with Crippen LogP contribution in [0.3, 0.4) is 0 Å². The van der Waals surface area contributed by atoms with Crippen LogP contribution in [0.25, 0.3) is 22.8 Å². The molecule has 30 heavy (non-hydrogen) atoms. The van der Waals surface area contributed by atoms with E-state index in [1.165, 1.54) is 0 Å². The Morgan fingerprint density at radius 3 is 2.60 bits per heavy atom. The summed E-state index contributed by atoms with van der Waals surface area (Å²) in [6, 6.07) is 13.4. The molecule has 0 amide bonds. The third-order valence-electron chi connectivity index (χ3n) is 5.11. The molecule has 0 spiro atoms. The standard InChI is InChI=1S/C24H23N3O3/c1-5-14-26-19-8-6-7-9-20(19)27-24(26)23(16(2)25-27)21(28)13-11-17-10-12-18(29-3)15-22(17)30-4/h5-13,15H,1,14H2,2-4H3. The summed E-state index contributed by atoms with van der Waals surface area (Å²) in [5, 5.41) is 4.64. The smallest absolute Gasteiger partial charge is 0.191 e. The molecule has 2 aromatic heterocycles. The van der Waals surface area contributed by atoms with Gasteiger partial charge in [0, 0.05) is 18.2 Å². The number of rotatable bonds is 7. The Kier molecular flexibility index (Phi) is 5.14. The number of para-hydroxylation sites is 2. The number of hydrogen-bond donors (Lipinski definition) is 0. The zero-order valence-corrected chi connectivity index (χ0v) is 17.3. The summed E-state index contributed by atoms with van der Waals surface area (Å²) in [6.45, 7) is 6.30. The van der Waals surface area contributed by atoms with Crippen LogP contribution in [0.4, 0.5) is 0 Å². The van der Waals surface area contributed by atoms with Crippen LogP contribution in [0.15, 0.2) is 61.2 Å². The van der Waals surface area contributed by atoms with Crippen molar-refractivity contribution in [2.45, 2.75) is 13.5 Å². The van der Waals surface area contributed by atoms with E-state index in [1.54, 1.807) is 32.4 Å². The molecule has 0 radical (unpaired) electrons. The molecule has 0 saturated carbocycles. The Morgan fingerprint density at radius 1 is 1.13 bits per heavy atom. The largest absolute Gasteiger partial charge is 0.497 e. The molecular weight excluding hydrogens is 378 g/mol. The molecule has 4 rings (SSSR count). The number of imidazole rings is 1. The fourth-order valence-corrected chi connectivity index (χ4v) is 3.73. The zero-order chi connectivity index (χ0) is 21.3. The van der Waals surface area contributed by atoms with Gasteiger partial charge in [0.25, 0.3) is 0 Å². The Labute approximate surface area is 174 Å². The van der Waals surface area contributed by atoms with E-state index in [2.05, 4.69) is 16.2 Å². The molecule has 152 valence electrons. The summed E-state index contributed by atoms with van der Waals surface area (Å²) in [6.07, 6.45) is 5.13. The van der Waals surface area contributed by atoms with Crippen LogP contribution < -0.4 is 9.47 Å². The maximum atomic E-state index is 13.2. The minimum atomic E-state index is -0.117. The van der Waals surface area contributed by atoms with Crippen molar-refractivity contribution in [2.75, 3.05) is 14.2 Å². The number of aromatic nitrogens is 3. The summed E-state index contributed by atoms with van der Waals surface area (Å²) >= 11 is 0. The van der Waals surface area contributed by atoms with Gasteiger partial charge in [-0.15, -0.1) is 6.58 Å². The van der Waals surface area contributed by atoms with Crippen LogP contribution in [-0.2, 0) is 6.54 Å². The van der Waals surface area contributed by atoms with Gasteiger partial charge in [0.05, 0.1) is 36.5 Å². The van der Waals surface area contributed by atoms with Crippen LogP contribution in [0.2, 0.25) is 0 Å². The highest BCUT2D eigenvalue weighted by atomic mass is 16.5. The van der Waals surface area contributed by atoms with Gasteiger partial charge in [-0.3, -0.25) is 4.79 Å². The van der Waals surface area contributed by atoms with Crippen molar-refractivity contribution < 1.29 is 14.3 Å². The van der Waals surface area contributed by atoms with Crippen LogP contribution in [0.1, 0.15) is 21.6 Å². The topological polar surface area (TPSA) is 57.8 Å². The second-order valence-corrected chi connectivity index (χ2v) is 6.89. The van der Waals surface area contributed by atoms with Crippen LogP contribution in [0, 0.1) is 6.92 Å². The number of nitrogens with zero attached hydrogens (tertiary/aromatic N) is 3. The van der Waals surface area contributed by atoms with Gasteiger partial charge in [0.2, 0.25) is 0 Å². The number of ether oxygens (including phenoxy) is 2. The second kappa shape index (κ2) is 7.91. The highest BCUT2D eigenvalue weighted by Gasteiger charge is 2.21. The summed E-state index contributed by atoms with van der Waals surface area (Å²) in [7, 11) is 3.19. The van der Waals surface area contributed by atoms with E-state index in [0.29, 0.717) is 29.3 Å². The summed E-state index contributed by atoms with van der Waals surface area (Å²) in [4.78, 5) is 13.2. The maximum absolute atomic E-state index is 13.2. The third kappa shape index (κ3) is 3.16. The minimum Gasteiger partial charge on any atom is -0.497 e. The average molecular weight is 401 g/mol. The van der Waals surface area contributed by atoms with Gasteiger partial charge in [0.15, 0.2) is 5.78 Å². The van der Waals surface area contributed by atoms with Gasteiger partial charge in [-0.05, 0) is 43.3 Å². The normalized spacial score (nSPS) is 11.4. The number of aryl methyl sites for hydroxylation is 1. The van der Waals surface area contributed by atoms with Crippen molar-refractivity contribution in [3.05, 3.63) is 78.0 Å². The maximum Gasteiger partial charge on any atom is 0.191 e. The fourth-order valence-electron chi connectivity index (χ4n) is 3.73. The van der Waals surface area contributed by atoms with E-state index in [9.17, 15) is 4.79 Å². The zero-order valence-electron chi connectivity index (χ0n) is 17.3. The molecule has 0 aliphatic heterocycles. The number of carbonyl (C=O) groups is 1. The van der Waals surface area contributed by atoms with Crippen molar-refractivity contribution in [1.82, 2.24) is 14.2 Å². The summed E-state index contributed by atoms with van der Waals surface area (Å²) in [5.74, 6) is 1.21. The molecule has 0 N–H and O–H groups in total. The first-order valence-electron chi connectivity index (χ1n) is 9.61. The average Bonchev–Trinajstić information content (AvgIpc) is 3.26. The third-order valence-corrected chi connectivity index (χ3v) is 5.11. The predicted octanol–water partition coefficient (Wildman–Crippen LogP) is 4.70. The highest BCUT2D eigenvalue weighted by molar-refractivity contribution is 6.12. The predicted molar refractivity (Wildman–Crippen MR) is 119 cm³/mol. The molecular formula is C24H23N3O3. The van der Waals surface area contributed by atoms with E-state index in [4.69, 9.17) is 9.47 Å². The first-order valence-corrected chi connectivity index (χ1v) is 9.61. The van der Waals surface area contributed by atoms with Gasteiger partial charge in [-0.2, -0.15) is 5.10 Å². The van der Waals surface area contributed by atoms with E-state index in [0.717, 1.165) is 22.2 Å². The van der Waals surface area contributed by atoms with Gasteiger partial charge in [-0.25, -0.2) is 4.52 Å². The van der Waals surface area contributed by atoms with E-state index >= 15 is 0 Å². The number of fused-ring (bicyclic) bond motifs is 3. The van der Waals surface area contributed by atoms with Crippen LogP contribution in [0.5, 0.6) is 11.5 Å². The number of hydrogen-bond acceptors (Lipinski definition) is 4. The molecule has 0 aliphatic carbocycles. The molecule has 0 atom stereocenters. The number of benzene rings is 2. The lowest BCUT2D eigenvalue weighted by molar-refractivity contribution is 0.104. The molecule has 0 aliphatic rings. The van der Waals surface area contributed by atoms with E-state index in [-0.39, 0.29) is 5.78 Å². The van der Waals surface area contributed by atoms with Crippen LogP contribution in [-0.4, -0.2) is 34.2 Å². The van der Waals surface area contributed by atoms with Crippen molar-refractivity contribution in [3.63, 3.8) is 0 Å². The Morgan fingerprint density at radius 2 is 1.90 bits per heavy atom. The summed E-state index contributed by atoms with van der Waals surface area (Å²) < 4.78 is 14.6. The molecule has 6 nitrogen and oxygen atoms in total. The molecule has 6 heteroatoms. The van der Waals surface area contributed by atoms with Gasteiger partial charge in [-0.1, -0.05) is 18.2 Å². The molecule has 0 unspecified atom stereocenters. The first-order chi connectivity index (χ1) is 14.6. The number of allylic oxidation sites excluding steroid dienone is 2. The van der Waals surface area contributed by atoms with Gasteiger partial charge >= 0.3 is 0 Å². The molecule has 2 aromatic carbocycles. The molecule has 0 bridgehead atoms. The van der Waals surface area contributed by atoms with E-state index in [1.807, 2.05) is 53.9 Å². The van der Waals surface area contributed by atoms with Gasteiger partial charge in [0.1, 0.15) is 17.1 Å². The van der Waals surface area contributed by atoms with E-state index < -0.39 is 0 Å². The first kappa shape index (κ1) is 19.5. The Balaban J connectivity index is 1.82. The quantitative estimate of drug-likeness (QED) is 0.256. The Hall–Kier alpha value is -3.80. The molecule has 4 aromatic rings. The number of ketones is 1. The van der Waals surface area contributed by atoms with Gasteiger partial charge < -0.3 is 14.0 Å². The molecule has 0 saturated heterocycles. The van der Waals surface area contributed by atoms with Crippen LogP contribution >= 0.6 is 0 Å². The SMILES string of the molecule is C=CCn1c2ccccc2n2nc(C)c(C(=O)C=Cc3ccc(OC)cc3OC)c12. The minimum absolute atomic E-state index is 0.117. The van der Waals surface area contributed by atoms with Crippen molar-refractivity contribution in [3.8, 4) is 11.5 Å². The Bertz CT molecular complexity index is 1290.